The third-order valence-corrected chi connectivity index (χ3v) is 4.01. The summed E-state index contributed by atoms with van der Waals surface area (Å²) in [4.78, 5) is 28.0. The van der Waals surface area contributed by atoms with Crippen LogP contribution in [0.5, 0.6) is 0 Å². The third kappa shape index (κ3) is 2.77. The number of pyridine rings is 1. The van der Waals surface area contributed by atoms with E-state index in [-0.39, 0.29) is 42.0 Å². The summed E-state index contributed by atoms with van der Waals surface area (Å²) in [5.41, 5.74) is -2.52. The number of hydrogen-bond donors (Lipinski definition) is 1. The van der Waals surface area contributed by atoms with Crippen LogP contribution in [0.4, 0.5) is 13.2 Å². The smallest absolute Gasteiger partial charge is 0.262 e. The summed E-state index contributed by atoms with van der Waals surface area (Å²) in [6.45, 7) is -0.292. The van der Waals surface area contributed by atoms with Crippen molar-refractivity contribution in [3.63, 3.8) is 0 Å². The summed E-state index contributed by atoms with van der Waals surface area (Å²) >= 11 is 0. The van der Waals surface area contributed by atoms with E-state index in [2.05, 4.69) is 10.3 Å². The van der Waals surface area contributed by atoms with Gasteiger partial charge in [0.25, 0.3) is 5.91 Å². The number of Topliss-reactive ketones (excluding diaryl/α,β-unsaturated/α-hetero) is 1. The molecule has 0 radical (unpaired) electrons. The summed E-state index contributed by atoms with van der Waals surface area (Å²) in [5, 5.41) is 2.31. The molecule has 1 N–H and O–H groups in total. The number of carbonyl (C=O) groups is 2. The van der Waals surface area contributed by atoms with Crippen molar-refractivity contribution in [3.05, 3.63) is 65.0 Å². The normalized spacial score (nSPS) is 19.7. The molecule has 1 amide bonds. The second-order valence-corrected chi connectivity index (χ2v) is 5.54. The molecule has 0 fully saturated rings. The Morgan fingerprint density at radius 3 is 2.83 bits per heavy atom. The van der Waals surface area contributed by atoms with Gasteiger partial charge in [0.2, 0.25) is 5.67 Å². The van der Waals surface area contributed by atoms with E-state index in [0.717, 1.165) is 6.07 Å². The van der Waals surface area contributed by atoms with E-state index < -0.39 is 23.2 Å². The van der Waals surface area contributed by atoms with E-state index in [1.807, 2.05) is 0 Å². The highest BCUT2D eigenvalue weighted by atomic mass is 19.1. The molecule has 1 aliphatic rings. The summed E-state index contributed by atoms with van der Waals surface area (Å²) in [7, 11) is 0. The van der Waals surface area contributed by atoms with Crippen molar-refractivity contribution in [3.8, 4) is 0 Å². The van der Waals surface area contributed by atoms with Gasteiger partial charge < -0.3 is 5.32 Å². The number of carbonyl (C=O) groups excluding carboxylic acids is 2. The molecule has 1 atom stereocenters. The molecular weight excluding hydrogens is 321 g/mol. The Morgan fingerprint density at radius 1 is 1.29 bits per heavy atom. The Bertz CT molecular complexity index is 825. The molecule has 3 rings (SSSR count). The minimum Gasteiger partial charge on any atom is -0.349 e. The molecule has 0 saturated carbocycles. The standard InChI is InChI=1S/C17H13F3N2O2/c18-11-4-3-10(13(19)8-11)9-22-16(24)17(20)6-5-14(23)15-12(17)2-1-7-21-15/h1-4,7-8H,5-6,9H2,(H,22,24)/t17-/m0/s1. The van der Waals surface area contributed by atoms with Gasteiger partial charge in [-0.15, -0.1) is 0 Å². The van der Waals surface area contributed by atoms with Gasteiger partial charge in [0.1, 0.15) is 17.3 Å². The fourth-order valence-corrected chi connectivity index (χ4v) is 2.70. The first-order valence-electron chi connectivity index (χ1n) is 7.31. The topological polar surface area (TPSA) is 59.1 Å². The molecule has 0 unspecified atom stereocenters. The van der Waals surface area contributed by atoms with E-state index in [4.69, 9.17) is 0 Å². The van der Waals surface area contributed by atoms with Crippen molar-refractivity contribution >= 4 is 11.7 Å². The zero-order valence-corrected chi connectivity index (χ0v) is 12.5. The zero-order chi connectivity index (χ0) is 17.3. The molecule has 1 aromatic carbocycles. The van der Waals surface area contributed by atoms with Crippen LogP contribution in [0.15, 0.2) is 36.5 Å². The fraction of sp³-hybridized carbons (Fsp3) is 0.235. The number of nitrogens with zero attached hydrogens (tertiary/aromatic N) is 1. The molecule has 0 aliphatic heterocycles. The first kappa shape index (κ1) is 16.2. The summed E-state index contributed by atoms with van der Waals surface area (Å²) in [6, 6.07) is 5.70. The van der Waals surface area contributed by atoms with Crippen LogP contribution in [0.1, 0.15) is 34.5 Å². The molecule has 24 heavy (non-hydrogen) atoms. The van der Waals surface area contributed by atoms with Crippen LogP contribution < -0.4 is 5.32 Å². The van der Waals surface area contributed by atoms with E-state index in [1.165, 1.54) is 24.4 Å². The van der Waals surface area contributed by atoms with Crippen molar-refractivity contribution in [1.29, 1.82) is 0 Å². The molecule has 124 valence electrons. The van der Waals surface area contributed by atoms with E-state index >= 15 is 4.39 Å². The van der Waals surface area contributed by atoms with Crippen LogP contribution >= 0.6 is 0 Å². The van der Waals surface area contributed by atoms with Gasteiger partial charge in [-0.1, -0.05) is 12.1 Å². The highest BCUT2D eigenvalue weighted by Crippen LogP contribution is 2.38. The van der Waals surface area contributed by atoms with Crippen molar-refractivity contribution in [2.45, 2.75) is 25.1 Å². The predicted octanol–water partition coefficient (Wildman–Crippen LogP) is 2.82. The van der Waals surface area contributed by atoms with Gasteiger partial charge in [-0.05, 0) is 12.1 Å². The number of rotatable bonds is 3. The monoisotopic (exact) mass is 334 g/mol. The largest absolute Gasteiger partial charge is 0.349 e. The molecule has 1 aromatic heterocycles. The Balaban J connectivity index is 1.82. The number of nitrogens with one attached hydrogen (secondary N) is 1. The Hall–Kier alpha value is -2.70. The molecule has 0 spiro atoms. The lowest BCUT2D eigenvalue weighted by Crippen LogP contribution is -2.44. The molecule has 2 aromatic rings. The lowest BCUT2D eigenvalue weighted by molar-refractivity contribution is -0.134. The summed E-state index contributed by atoms with van der Waals surface area (Å²) < 4.78 is 41.7. The second-order valence-electron chi connectivity index (χ2n) is 5.54. The van der Waals surface area contributed by atoms with Crippen LogP contribution in [0.3, 0.4) is 0 Å². The average molecular weight is 334 g/mol. The van der Waals surface area contributed by atoms with Gasteiger partial charge in [-0.2, -0.15) is 0 Å². The van der Waals surface area contributed by atoms with Crippen molar-refractivity contribution < 1.29 is 22.8 Å². The zero-order valence-electron chi connectivity index (χ0n) is 12.5. The van der Waals surface area contributed by atoms with E-state index in [1.54, 1.807) is 0 Å². The number of fused-ring (bicyclic) bond motifs is 1. The predicted molar refractivity (Wildman–Crippen MR) is 78.8 cm³/mol. The minimum absolute atomic E-state index is 0.0339. The quantitative estimate of drug-likeness (QED) is 0.939. The Labute approximate surface area is 135 Å². The fourth-order valence-electron chi connectivity index (χ4n) is 2.70. The molecule has 7 heteroatoms. The minimum atomic E-state index is -2.41. The van der Waals surface area contributed by atoms with Gasteiger partial charge in [-0.3, -0.25) is 14.6 Å². The van der Waals surface area contributed by atoms with Crippen LogP contribution in [0.2, 0.25) is 0 Å². The maximum Gasteiger partial charge on any atom is 0.262 e. The molecule has 0 bridgehead atoms. The third-order valence-electron chi connectivity index (χ3n) is 4.01. The molecular formula is C17H13F3N2O2. The summed E-state index contributed by atoms with van der Waals surface area (Å²) in [6.07, 6.45) is 0.912. The lowest BCUT2D eigenvalue weighted by Gasteiger charge is -2.29. The van der Waals surface area contributed by atoms with Crippen LogP contribution in [-0.4, -0.2) is 16.7 Å². The molecule has 0 saturated heterocycles. The summed E-state index contributed by atoms with van der Waals surface area (Å²) in [5.74, 6) is -2.87. The van der Waals surface area contributed by atoms with Gasteiger partial charge in [-0.25, -0.2) is 13.2 Å². The average Bonchev–Trinajstić information content (AvgIpc) is 2.57. The molecule has 1 heterocycles. The number of amides is 1. The molecule has 1 aliphatic carbocycles. The van der Waals surface area contributed by atoms with Gasteiger partial charge in [0.15, 0.2) is 5.78 Å². The second kappa shape index (κ2) is 6.07. The highest BCUT2D eigenvalue weighted by Gasteiger charge is 2.46. The van der Waals surface area contributed by atoms with Gasteiger partial charge in [0.05, 0.1) is 0 Å². The number of halogens is 3. The van der Waals surface area contributed by atoms with Crippen molar-refractivity contribution in [2.75, 3.05) is 0 Å². The number of ketones is 1. The Kier molecular flexibility index (Phi) is 4.09. The maximum atomic E-state index is 15.2. The first-order chi connectivity index (χ1) is 11.4. The van der Waals surface area contributed by atoms with Gasteiger partial charge >= 0.3 is 0 Å². The SMILES string of the molecule is O=C1CC[C@@](F)(C(=O)NCc2ccc(F)cc2F)c2cccnc21. The lowest BCUT2D eigenvalue weighted by atomic mass is 9.81. The van der Waals surface area contributed by atoms with Crippen LogP contribution in [-0.2, 0) is 17.0 Å². The van der Waals surface area contributed by atoms with E-state index in [9.17, 15) is 18.4 Å². The van der Waals surface area contributed by atoms with E-state index in [0.29, 0.717) is 6.07 Å². The van der Waals surface area contributed by atoms with Gasteiger partial charge in [0, 0.05) is 42.8 Å². The maximum absolute atomic E-state index is 15.2. The number of aromatic nitrogens is 1. The Morgan fingerprint density at radius 2 is 2.08 bits per heavy atom. The molecule has 4 nitrogen and oxygen atoms in total. The first-order valence-corrected chi connectivity index (χ1v) is 7.31. The number of benzene rings is 1. The van der Waals surface area contributed by atoms with Crippen LogP contribution in [0, 0.1) is 11.6 Å². The van der Waals surface area contributed by atoms with Crippen LogP contribution in [0.25, 0.3) is 0 Å². The highest BCUT2D eigenvalue weighted by molar-refractivity contribution is 6.01. The van der Waals surface area contributed by atoms with Crippen molar-refractivity contribution in [1.82, 2.24) is 10.3 Å². The number of hydrogen-bond acceptors (Lipinski definition) is 3. The van der Waals surface area contributed by atoms with Crippen molar-refractivity contribution in [2.24, 2.45) is 0 Å². The number of alkyl halides is 1.